The summed E-state index contributed by atoms with van der Waals surface area (Å²) in [6.07, 6.45) is 4.77. The summed E-state index contributed by atoms with van der Waals surface area (Å²) in [5, 5.41) is 7.87. The SMILES string of the molecule is Cc1ncc(CNc2ccc(-n3cncn3)c(Cl)c2)o1. The van der Waals surface area contributed by atoms with E-state index in [2.05, 4.69) is 20.4 Å². The Balaban J connectivity index is 1.74. The number of hydrogen-bond donors (Lipinski definition) is 1. The van der Waals surface area contributed by atoms with Gasteiger partial charge in [-0.15, -0.1) is 0 Å². The number of aromatic nitrogens is 4. The second-order valence-electron chi connectivity index (χ2n) is 4.21. The lowest BCUT2D eigenvalue weighted by atomic mass is 10.2. The number of rotatable bonds is 4. The summed E-state index contributed by atoms with van der Waals surface area (Å²) in [5.74, 6) is 1.43. The van der Waals surface area contributed by atoms with Gasteiger partial charge in [0.1, 0.15) is 18.4 Å². The van der Waals surface area contributed by atoms with Gasteiger partial charge >= 0.3 is 0 Å². The van der Waals surface area contributed by atoms with E-state index in [-0.39, 0.29) is 0 Å². The first-order chi connectivity index (χ1) is 9.72. The molecule has 0 aliphatic rings. The lowest BCUT2D eigenvalue weighted by molar-refractivity contribution is 0.481. The van der Waals surface area contributed by atoms with Crippen LogP contribution in [0.15, 0.2) is 41.5 Å². The number of benzene rings is 1. The molecule has 3 aromatic rings. The van der Waals surface area contributed by atoms with Gasteiger partial charge in [-0.2, -0.15) is 5.10 Å². The number of hydrogen-bond acceptors (Lipinski definition) is 5. The van der Waals surface area contributed by atoms with E-state index < -0.39 is 0 Å². The Morgan fingerprint density at radius 3 is 2.95 bits per heavy atom. The molecule has 0 spiro atoms. The first-order valence-corrected chi connectivity index (χ1v) is 6.40. The molecule has 6 nitrogen and oxygen atoms in total. The van der Waals surface area contributed by atoms with Crippen molar-refractivity contribution < 1.29 is 4.42 Å². The molecule has 2 aromatic heterocycles. The number of anilines is 1. The van der Waals surface area contributed by atoms with Crippen LogP contribution in [0.2, 0.25) is 5.02 Å². The topological polar surface area (TPSA) is 68.8 Å². The third-order valence-corrected chi connectivity index (χ3v) is 3.05. The molecule has 102 valence electrons. The van der Waals surface area contributed by atoms with Crippen molar-refractivity contribution in [2.45, 2.75) is 13.5 Å². The fourth-order valence-electron chi connectivity index (χ4n) is 1.81. The number of nitrogens with zero attached hydrogens (tertiary/aromatic N) is 4. The molecule has 3 rings (SSSR count). The minimum Gasteiger partial charge on any atom is -0.444 e. The van der Waals surface area contributed by atoms with Crippen molar-refractivity contribution in [1.29, 1.82) is 0 Å². The van der Waals surface area contributed by atoms with Crippen LogP contribution in [0.3, 0.4) is 0 Å². The maximum atomic E-state index is 6.24. The monoisotopic (exact) mass is 289 g/mol. The van der Waals surface area contributed by atoms with Gasteiger partial charge in [-0.25, -0.2) is 14.6 Å². The van der Waals surface area contributed by atoms with Gasteiger partial charge < -0.3 is 9.73 Å². The largest absolute Gasteiger partial charge is 0.444 e. The second kappa shape index (κ2) is 5.34. The molecule has 20 heavy (non-hydrogen) atoms. The maximum absolute atomic E-state index is 6.24. The fourth-order valence-corrected chi connectivity index (χ4v) is 2.08. The predicted molar refractivity (Wildman–Crippen MR) is 74.9 cm³/mol. The van der Waals surface area contributed by atoms with E-state index in [1.54, 1.807) is 17.2 Å². The van der Waals surface area contributed by atoms with Gasteiger partial charge in [-0.1, -0.05) is 11.6 Å². The smallest absolute Gasteiger partial charge is 0.191 e. The third-order valence-electron chi connectivity index (χ3n) is 2.75. The van der Waals surface area contributed by atoms with Crippen LogP contribution >= 0.6 is 11.6 Å². The molecule has 0 saturated heterocycles. The normalized spacial score (nSPS) is 10.7. The van der Waals surface area contributed by atoms with Crippen molar-refractivity contribution in [2.75, 3.05) is 5.32 Å². The zero-order valence-electron chi connectivity index (χ0n) is 10.7. The molecule has 2 heterocycles. The molecule has 0 aliphatic carbocycles. The van der Waals surface area contributed by atoms with E-state index >= 15 is 0 Å². The minimum atomic E-state index is 0.555. The van der Waals surface area contributed by atoms with E-state index in [9.17, 15) is 0 Å². The molecule has 0 saturated carbocycles. The number of nitrogens with one attached hydrogen (secondary N) is 1. The van der Waals surface area contributed by atoms with E-state index in [0.29, 0.717) is 17.5 Å². The van der Waals surface area contributed by atoms with Crippen molar-refractivity contribution >= 4 is 17.3 Å². The van der Waals surface area contributed by atoms with Crippen molar-refractivity contribution in [1.82, 2.24) is 19.7 Å². The number of halogens is 1. The Morgan fingerprint density at radius 2 is 2.30 bits per heavy atom. The summed E-state index contributed by atoms with van der Waals surface area (Å²) in [6.45, 7) is 2.37. The highest BCUT2D eigenvalue weighted by Crippen LogP contribution is 2.24. The summed E-state index contributed by atoms with van der Waals surface area (Å²) in [6, 6.07) is 5.64. The van der Waals surface area contributed by atoms with E-state index in [1.165, 1.54) is 6.33 Å². The van der Waals surface area contributed by atoms with Gasteiger partial charge in [-0.05, 0) is 18.2 Å². The zero-order chi connectivity index (χ0) is 13.9. The Morgan fingerprint density at radius 1 is 1.40 bits per heavy atom. The molecular formula is C13H12ClN5O. The van der Waals surface area contributed by atoms with Crippen LogP contribution in [0, 0.1) is 6.92 Å². The van der Waals surface area contributed by atoms with Gasteiger partial charge in [0, 0.05) is 12.6 Å². The molecule has 0 aliphatic heterocycles. The standard InChI is InChI=1S/C13H12ClN5O/c1-9-16-5-11(20-9)6-17-10-2-3-13(12(14)4-10)19-8-15-7-18-19/h2-5,7-8,17H,6H2,1H3. The average molecular weight is 290 g/mol. The van der Waals surface area contributed by atoms with Crippen molar-refractivity contribution in [3.8, 4) is 5.69 Å². The predicted octanol–water partition coefficient (Wildman–Crippen LogP) is 2.83. The molecular weight excluding hydrogens is 278 g/mol. The van der Waals surface area contributed by atoms with E-state index in [0.717, 1.165) is 17.1 Å². The highest BCUT2D eigenvalue weighted by atomic mass is 35.5. The minimum absolute atomic E-state index is 0.555. The van der Waals surface area contributed by atoms with Crippen molar-refractivity contribution in [2.24, 2.45) is 0 Å². The lowest BCUT2D eigenvalue weighted by Gasteiger charge is -2.08. The Kier molecular flexibility index (Phi) is 3.39. The summed E-state index contributed by atoms with van der Waals surface area (Å²) < 4.78 is 7.01. The fraction of sp³-hybridized carbons (Fsp3) is 0.154. The highest BCUT2D eigenvalue weighted by molar-refractivity contribution is 6.32. The van der Waals surface area contributed by atoms with Crippen molar-refractivity contribution in [3.05, 3.63) is 53.7 Å². The third kappa shape index (κ3) is 2.65. The van der Waals surface area contributed by atoms with Gasteiger partial charge in [-0.3, -0.25) is 0 Å². The molecule has 0 radical (unpaired) electrons. The first kappa shape index (κ1) is 12.7. The lowest BCUT2D eigenvalue weighted by Crippen LogP contribution is -2.00. The molecule has 0 unspecified atom stereocenters. The van der Waals surface area contributed by atoms with Gasteiger partial charge in [0.05, 0.1) is 23.5 Å². The Hall–Kier alpha value is -2.34. The summed E-state index contributed by atoms with van der Waals surface area (Å²) in [4.78, 5) is 7.94. The molecule has 7 heteroatoms. The maximum Gasteiger partial charge on any atom is 0.191 e. The first-order valence-electron chi connectivity index (χ1n) is 6.02. The summed E-state index contributed by atoms with van der Waals surface area (Å²) >= 11 is 6.24. The van der Waals surface area contributed by atoms with Crippen LogP contribution in [0.1, 0.15) is 11.7 Å². The van der Waals surface area contributed by atoms with Crippen LogP contribution in [-0.4, -0.2) is 19.7 Å². The molecule has 1 aromatic carbocycles. The van der Waals surface area contributed by atoms with Gasteiger partial charge in [0.15, 0.2) is 5.89 Å². The van der Waals surface area contributed by atoms with Gasteiger partial charge in [0.2, 0.25) is 0 Å². The van der Waals surface area contributed by atoms with E-state index in [1.807, 2.05) is 25.1 Å². The molecule has 0 bridgehead atoms. The Bertz CT molecular complexity index is 707. The van der Waals surface area contributed by atoms with Crippen LogP contribution in [-0.2, 0) is 6.54 Å². The van der Waals surface area contributed by atoms with Crippen LogP contribution in [0.5, 0.6) is 0 Å². The molecule has 0 amide bonds. The second-order valence-corrected chi connectivity index (χ2v) is 4.61. The zero-order valence-corrected chi connectivity index (χ0v) is 11.5. The van der Waals surface area contributed by atoms with Crippen molar-refractivity contribution in [3.63, 3.8) is 0 Å². The Labute approximate surface area is 120 Å². The highest BCUT2D eigenvalue weighted by Gasteiger charge is 2.05. The summed E-state index contributed by atoms with van der Waals surface area (Å²) in [7, 11) is 0. The average Bonchev–Trinajstić information content (AvgIpc) is 3.08. The molecule has 0 fully saturated rings. The van der Waals surface area contributed by atoms with E-state index in [4.69, 9.17) is 16.0 Å². The van der Waals surface area contributed by atoms with Crippen LogP contribution in [0.25, 0.3) is 5.69 Å². The van der Waals surface area contributed by atoms with Crippen LogP contribution < -0.4 is 5.32 Å². The number of oxazole rings is 1. The number of aryl methyl sites for hydroxylation is 1. The molecule has 0 atom stereocenters. The van der Waals surface area contributed by atoms with Crippen LogP contribution in [0.4, 0.5) is 5.69 Å². The quantitative estimate of drug-likeness (QED) is 0.800. The molecule has 1 N–H and O–H groups in total. The summed E-state index contributed by atoms with van der Waals surface area (Å²) in [5.41, 5.74) is 1.68. The van der Waals surface area contributed by atoms with Gasteiger partial charge in [0.25, 0.3) is 0 Å².